The molecule has 1 aliphatic heterocycles. The number of piperidine rings is 1. The predicted molar refractivity (Wildman–Crippen MR) is 99.5 cm³/mol. The summed E-state index contributed by atoms with van der Waals surface area (Å²) in [5.74, 6) is 0.773. The summed E-state index contributed by atoms with van der Waals surface area (Å²) in [5.41, 5.74) is 9.66. The summed E-state index contributed by atoms with van der Waals surface area (Å²) >= 11 is 0. The quantitative estimate of drug-likeness (QED) is 0.815. The van der Waals surface area contributed by atoms with Gasteiger partial charge >= 0.3 is 0 Å². The molecular formula is C19H33N3O. The van der Waals surface area contributed by atoms with Crippen molar-refractivity contribution >= 4 is 11.4 Å². The maximum absolute atomic E-state index is 6.02. The summed E-state index contributed by atoms with van der Waals surface area (Å²) in [6.07, 6.45) is 3.83. The number of aryl methyl sites for hydroxylation is 1. The Hall–Kier alpha value is -1.42. The first-order valence-corrected chi connectivity index (χ1v) is 8.76. The highest BCUT2D eigenvalue weighted by Crippen LogP contribution is 2.36. The lowest BCUT2D eigenvalue weighted by molar-refractivity contribution is 0.132. The van der Waals surface area contributed by atoms with Gasteiger partial charge < -0.3 is 20.3 Å². The summed E-state index contributed by atoms with van der Waals surface area (Å²) in [5, 5.41) is 0. The van der Waals surface area contributed by atoms with E-state index in [9.17, 15) is 0 Å². The number of nitrogens with zero attached hydrogens (tertiary/aromatic N) is 2. The molecule has 2 N–H and O–H groups in total. The molecule has 0 atom stereocenters. The van der Waals surface area contributed by atoms with Crippen molar-refractivity contribution in [3.05, 3.63) is 17.7 Å². The Morgan fingerprint density at radius 2 is 1.96 bits per heavy atom. The first-order chi connectivity index (χ1) is 10.9. The molecule has 1 aliphatic rings. The minimum atomic E-state index is 0.464. The Labute approximate surface area is 141 Å². The predicted octanol–water partition coefficient (Wildman–Crippen LogP) is 3.53. The molecule has 0 saturated carbocycles. The molecule has 0 bridgehead atoms. The van der Waals surface area contributed by atoms with E-state index < -0.39 is 0 Å². The average molecular weight is 319 g/mol. The van der Waals surface area contributed by atoms with Gasteiger partial charge in [-0.25, -0.2) is 0 Å². The van der Waals surface area contributed by atoms with Crippen LogP contribution in [0.2, 0.25) is 0 Å². The van der Waals surface area contributed by atoms with Crippen molar-refractivity contribution in [3.63, 3.8) is 0 Å². The number of hydrogen-bond donors (Lipinski definition) is 1. The lowest BCUT2D eigenvalue weighted by Gasteiger charge is -2.39. The van der Waals surface area contributed by atoms with E-state index in [0.717, 1.165) is 18.8 Å². The third kappa shape index (κ3) is 4.31. The highest BCUT2D eigenvalue weighted by molar-refractivity contribution is 5.66. The standard InChI is InChI=1S/C19H33N3O/c1-6-22(12-9-19(3)7-10-21(4)11-8-19)17-14-18(23-5)16(20)13-15(17)2/h13-14H,6-12,20H2,1-5H3. The number of likely N-dealkylation sites (tertiary alicyclic amines) is 1. The zero-order chi connectivity index (χ0) is 17.0. The van der Waals surface area contributed by atoms with Gasteiger partial charge in [-0.2, -0.15) is 0 Å². The Morgan fingerprint density at radius 3 is 2.52 bits per heavy atom. The van der Waals surface area contributed by atoms with E-state index in [-0.39, 0.29) is 0 Å². The molecule has 1 aromatic carbocycles. The summed E-state index contributed by atoms with van der Waals surface area (Å²) in [6.45, 7) is 11.3. The molecule has 23 heavy (non-hydrogen) atoms. The maximum atomic E-state index is 6.02. The zero-order valence-corrected chi connectivity index (χ0v) is 15.5. The van der Waals surface area contributed by atoms with Crippen LogP contribution in [0.5, 0.6) is 5.75 Å². The molecule has 2 rings (SSSR count). The SMILES string of the molecule is CCN(CCC1(C)CCN(C)CC1)c1cc(OC)c(N)cc1C. The summed E-state index contributed by atoms with van der Waals surface area (Å²) in [6, 6.07) is 4.11. The van der Waals surface area contributed by atoms with Gasteiger partial charge in [0.05, 0.1) is 12.8 Å². The fourth-order valence-corrected chi connectivity index (χ4v) is 3.48. The van der Waals surface area contributed by atoms with Crippen LogP contribution in [0.4, 0.5) is 11.4 Å². The monoisotopic (exact) mass is 319 g/mol. The Bertz CT molecular complexity index is 522. The van der Waals surface area contributed by atoms with Crippen molar-refractivity contribution in [2.45, 2.75) is 40.0 Å². The van der Waals surface area contributed by atoms with Crippen LogP contribution in [-0.4, -0.2) is 45.2 Å². The van der Waals surface area contributed by atoms with Gasteiger partial charge in [0.2, 0.25) is 0 Å². The van der Waals surface area contributed by atoms with E-state index >= 15 is 0 Å². The second-order valence-electron chi connectivity index (χ2n) is 7.32. The number of nitrogens with two attached hydrogens (primary N) is 1. The highest BCUT2D eigenvalue weighted by Gasteiger charge is 2.29. The number of hydrogen-bond acceptors (Lipinski definition) is 4. The molecule has 0 spiro atoms. The van der Waals surface area contributed by atoms with Crippen LogP contribution in [0, 0.1) is 12.3 Å². The third-order valence-electron chi connectivity index (χ3n) is 5.45. The van der Waals surface area contributed by atoms with Crippen molar-refractivity contribution in [1.29, 1.82) is 0 Å². The molecule has 4 nitrogen and oxygen atoms in total. The van der Waals surface area contributed by atoms with Crippen LogP contribution in [0.1, 0.15) is 38.7 Å². The van der Waals surface area contributed by atoms with Gasteiger partial charge in [0.25, 0.3) is 0 Å². The highest BCUT2D eigenvalue weighted by atomic mass is 16.5. The molecule has 1 fully saturated rings. The number of ether oxygens (including phenoxy) is 1. The van der Waals surface area contributed by atoms with Crippen LogP contribution >= 0.6 is 0 Å². The Kier molecular flexibility index (Phi) is 5.79. The van der Waals surface area contributed by atoms with E-state index in [2.05, 4.69) is 43.7 Å². The number of nitrogen functional groups attached to an aromatic ring is 1. The van der Waals surface area contributed by atoms with E-state index in [4.69, 9.17) is 10.5 Å². The van der Waals surface area contributed by atoms with Crippen LogP contribution < -0.4 is 15.4 Å². The largest absolute Gasteiger partial charge is 0.495 e. The molecule has 1 aromatic rings. The normalized spacial score (nSPS) is 18.0. The van der Waals surface area contributed by atoms with Gasteiger partial charge in [-0.15, -0.1) is 0 Å². The van der Waals surface area contributed by atoms with Gasteiger partial charge in [0.15, 0.2) is 0 Å². The van der Waals surface area contributed by atoms with Gasteiger partial charge in [-0.1, -0.05) is 6.92 Å². The third-order valence-corrected chi connectivity index (χ3v) is 5.45. The molecule has 0 aromatic heterocycles. The topological polar surface area (TPSA) is 41.7 Å². The van der Waals surface area contributed by atoms with Gasteiger partial charge in [0.1, 0.15) is 5.75 Å². The molecular weight excluding hydrogens is 286 g/mol. The van der Waals surface area contributed by atoms with Crippen LogP contribution in [0.25, 0.3) is 0 Å². The summed E-state index contributed by atoms with van der Waals surface area (Å²) in [4.78, 5) is 4.90. The van der Waals surface area contributed by atoms with Gasteiger partial charge in [-0.3, -0.25) is 0 Å². The molecule has 0 unspecified atom stereocenters. The molecule has 1 heterocycles. The zero-order valence-electron chi connectivity index (χ0n) is 15.5. The number of benzene rings is 1. The van der Waals surface area contributed by atoms with Crippen LogP contribution in [0.3, 0.4) is 0 Å². The second-order valence-corrected chi connectivity index (χ2v) is 7.32. The Balaban J connectivity index is 2.08. The van der Waals surface area contributed by atoms with Crippen LogP contribution in [-0.2, 0) is 0 Å². The molecule has 0 radical (unpaired) electrons. The second kappa shape index (κ2) is 7.43. The smallest absolute Gasteiger partial charge is 0.143 e. The van der Waals surface area contributed by atoms with E-state index in [0.29, 0.717) is 11.1 Å². The molecule has 1 saturated heterocycles. The van der Waals surface area contributed by atoms with Crippen LogP contribution in [0.15, 0.2) is 12.1 Å². The Morgan fingerprint density at radius 1 is 1.30 bits per heavy atom. The van der Waals surface area contributed by atoms with Crippen molar-refractivity contribution in [1.82, 2.24) is 4.90 Å². The van der Waals surface area contributed by atoms with Crippen molar-refractivity contribution in [2.75, 3.05) is 51.0 Å². The molecule has 4 heteroatoms. The molecule has 0 aliphatic carbocycles. The first kappa shape index (κ1) is 17.9. The first-order valence-electron chi connectivity index (χ1n) is 8.76. The fraction of sp³-hybridized carbons (Fsp3) is 0.684. The van der Waals surface area contributed by atoms with Crippen molar-refractivity contribution in [3.8, 4) is 5.75 Å². The average Bonchev–Trinajstić information content (AvgIpc) is 2.53. The maximum Gasteiger partial charge on any atom is 0.143 e. The summed E-state index contributed by atoms with van der Waals surface area (Å²) in [7, 11) is 3.91. The number of rotatable bonds is 6. The molecule has 130 valence electrons. The minimum absolute atomic E-state index is 0.464. The van der Waals surface area contributed by atoms with Gasteiger partial charge in [0, 0.05) is 24.8 Å². The van der Waals surface area contributed by atoms with E-state index in [1.807, 2.05) is 6.07 Å². The van der Waals surface area contributed by atoms with Gasteiger partial charge in [-0.05, 0) is 70.3 Å². The molecule has 0 amide bonds. The van der Waals surface area contributed by atoms with E-state index in [1.54, 1.807) is 7.11 Å². The lowest BCUT2D eigenvalue weighted by atomic mass is 9.77. The number of methoxy groups -OCH3 is 1. The number of anilines is 2. The minimum Gasteiger partial charge on any atom is -0.495 e. The lowest BCUT2D eigenvalue weighted by Crippen LogP contribution is -2.38. The van der Waals surface area contributed by atoms with Crippen molar-refractivity contribution < 1.29 is 4.74 Å². The summed E-state index contributed by atoms with van der Waals surface area (Å²) < 4.78 is 5.40. The van der Waals surface area contributed by atoms with E-state index in [1.165, 1.54) is 43.6 Å². The fourth-order valence-electron chi connectivity index (χ4n) is 3.48. The van der Waals surface area contributed by atoms with Crippen molar-refractivity contribution in [2.24, 2.45) is 5.41 Å².